The molecule has 0 saturated carbocycles. The maximum atomic E-state index is 13.3. The van der Waals surface area contributed by atoms with Crippen molar-refractivity contribution >= 4 is 39.1 Å². The van der Waals surface area contributed by atoms with Crippen molar-refractivity contribution in [2.75, 3.05) is 5.88 Å². The maximum Gasteiger partial charge on any atom is 0.123 e. The van der Waals surface area contributed by atoms with Crippen LogP contribution >= 0.6 is 39.1 Å². The van der Waals surface area contributed by atoms with Crippen LogP contribution in [0.4, 0.5) is 4.39 Å². The van der Waals surface area contributed by atoms with Crippen LogP contribution in [0.5, 0.6) is 0 Å². The Labute approximate surface area is 137 Å². The molecular formula is C16H14BrCl2F. The van der Waals surface area contributed by atoms with Crippen LogP contribution in [-0.2, 0) is 12.8 Å². The fraction of sp³-hybridized carbons (Fsp3) is 0.250. The highest BCUT2D eigenvalue weighted by Gasteiger charge is 2.13. The molecule has 0 nitrogen and oxygen atoms in total. The fourth-order valence-corrected chi connectivity index (χ4v) is 3.05. The third-order valence-electron chi connectivity index (χ3n) is 3.15. The van der Waals surface area contributed by atoms with Crippen molar-refractivity contribution in [3.63, 3.8) is 0 Å². The Bertz CT molecular complexity index is 586. The number of rotatable bonds is 5. The van der Waals surface area contributed by atoms with Gasteiger partial charge >= 0.3 is 0 Å². The number of halogens is 4. The molecular weight excluding hydrogens is 362 g/mol. The van der Waals surface area contributed by atoms with E-state index in [1.165, 1.54) is 17.7 Å². The first-order chi connectivity index (χ1) is 9.58. The summed E-state index contributed by atoms with van der Waals surface area (Å²) in [6.07, 6.45) is 1.52. The van der Waals surface area contributed by atoms with Crippen molar-refractivity contribution in [1.82, 2.24) is 0 Å². The van der Waals surface area contributed by atoms with Crippen LogP contribution in [0.1, 0.15) is 11.1 Å². The largest absolute Gasteiger partial charge is 0.207 e. The van der Waals surface area contributed by atoms with Crippen LogP contribution in [0.3, 0.4) is 0 Å². The zero-order valence-corrected chi connectivity index (χ0v) is 13.8. The van der Waals surface area contributed by atoms with Gasteiger partial charge in [0.1, 0.15) is 5.82 Å². The quantitative estimate of drug-likeness (QED) is 0.572. The molecule has 0 bridgehead atoms. The first kappa shape index (κ1) is 15.8. The zero-order chi connectivity index (χ0) is 14.5. The van der Waals surface area contributed by atoms with Crippen molar-refractivity contribution in [3.05, 3.63) is 68.9 Å². The second-order valence-corrected chi connectivity index (χ2v) is 6.43. The average Bonchev–Trinajstić information content (AvgIpc) is 2.42. The fourth-order valence-electron chi connectivity index (χ4n) is 2.19. The molecule has 0 radical (unpaired) electrons. The molecule has 0 aliphatic heterocycles. The van der Waals surface area contributed by atoms with Gasteiger partial charge < -0.3 is 0 Å². The Hall–Kier alpha value is -0.570. The smallest absolute Gasteiger partial charge is 0.123 e. The zero-order valence-electron chi connectivity index (χ0n) is 10.8. The SMILES string of the molecule is Fc1ccc(Cl)c(CC(CCl)Cc2cccc(Br)c2)c1. The predicted molar refractivity (Wildman–Crippen MR) is 87.2 cm³/mol. The molecule has 0 aliphatic carbocycles. The summed E-state index contributed by atoms with van der Waals surface area (Å²) < 4.78 is 14.3. The average molecular weight is 376 g/mol. The minimum Gasteiger partial charge on any atom is -0.207 e. The third kappa shape index (κ3) is 4.47. The van der Waals surface area contributed by atoms with E-state index in [2.05, 4.69) is 28.1 Å². The van der Waals surface area contributed by atoms with Crippen LogP contribution in [0.2, 0.25) is 5.02 Å². The van der Waals surface area contributed by atoms with Crippen LogP contribution in [0.25, 0.3) is 0 Å². The van der Waals surface area contributed by atoms with Crippen molar-refractivity contribution in [3.8, 4) is 0 Å². The molecule has 0 heterocycles. The van der Waals surface area contributed by atoms with Gasteiger partial charge in [-0.1, -0.05) is 39.7 Å². The second kappa shape index (κ2) is 7.44. The predicted octanol–water partition coefficient (Wildman–Crippen LogP) is 5.88. The summed E-state index contributed by atoms with van der Waals surface area (Å²) in [6.45, 7) is 0. The van der Waals surface area contributed by atoms with E-state index in [9.17, 15) is 4.39 Å². The topological polar surface area (TPSA) is 0 Å². The third-order valence-corrected chi connectivity index (χ3v) is 4.45. The summed E-state index contributed by atoms with van der Waals surface area (Å²) in [6, 6.07) is 12.6. The maximum absolute atomic E-state index is 13.3. The van der Waals surface area contributed by atoms with Gasteiger partial charge in [-0.3, -0.25) is 0 Å². The van der Waals surface area contributed by atoms with Gasteiger partial charge in [0.25, 0.3) is 0 Å². The summed E-state index contributed by atoms with van der Waals surface area (Å²) in [4.78, 5) is 0. The van der Waals surface area contributed by atoms with Gasteiger partial charge in [0.05, 0.1) is 0 Å². The molecule has 0 fully saturated rings. The minimum absolute atomic E-state index is 0.227. The first-order valence-corrected chi connectivity index (χ1v) is 8.03. The summed E-state index contributed by atoms with van der Waals surface area (Å²) in [7, 11) is 0. The van der Waals surface area contributed by atoms with Gasteiger partial charge in [-0.2, -0.15) is 0 Å². The Balaban J connectivity index is 2.11. The van der Waals surface area contributed by atoms with Crippen LogP contribution in [0, 0.1) is 11.7 Å². The van der Waals surface area contributed by atoms with E-state index in [4.69, 9.17) is 23.2 Å². The Morgan fingerprint density at radius 2 is 1.90 bits per heavy atom. The minimum atomic E-state index is -0.264. The van der Waals surface area contributed by atoms with Crippen molar-refractivity contribution in [2.45, 2.75) is 12.8 Å². The van der Waals surface area contributed by atoms with Crippen molar-refractivity contribution < 1.29 is 4.39 Å². The summed E-state index contributed by atoms with van der Waals surface area (Å²) in [5.74, 6) is 0.477. The molecule has 20 heavy (non-hydrogen) atoms. The van der Waals surface area contributed by atoms with E-state index >= 15 is 0 Å². The van der Waals surface area contributed by atoms with Crippen molar-refractivity contribution in [1.29, 1.82) is 0 Å². The number of benzene rings is 2. The van der Waals surface area contributed by atoms with Gasteiger partial charge in [0, 0.05) is 15.4 Å². The monoisotopic (exact) mass is 374 g/mol. The molecule has 2 aromatic carbocycles. The van der Waals surface area contributed by atoms with Crippen molar-refractivity contribution in [2.24, 2.45) is 5.92 Å². The lowest BCUT2D eigenvalue weighted by Crippen LogP contribution is -2.10. The Morgan fingerprint density at radius 1 is 1.10 bits per heavy atom. The molecule has 2 aromatic rings. The molecule has 0 aromatic heterocycles. The second-order valence-electron chi connectivity index (χ2n) is 4.79. The summed E-state index contributed by atoms with van der Waals surface area (Å²) >= 11 is 15.6. The van der Waals surface area contributed by atoms with Crippen LogP contribution in [0.15, 0.2) is 46.9 Å². The molecule has 0 N–H and O–H groups in total. The van der Waals surface area contributed by atoms with E-state index in [0.717, 1.165) is 16.5 Å². The lowest BCUT2D eigenvalue weighted by atomic mass is 9.94. The first-order valence-electron chi connectivity index (χ1n) is 6.33. The summed E-state index contributed by atoms with van der Waals surface area (Å²) in [5.41, 5.74) is 2.02. The highest BCUT2D eigenvalue weighted by atomic mass is 79.9. The van der Waals surface area contributed by atoms with E-state index < -0.39 is 0 Å². The number of hydrogen-bond donors (Lipinski definition) is 0. The van der Waals surface area contributed by atoms with Crippen LogP contribution < -0.4 is 0 Å². The Kier molecular flexibility index (Phi) is 5.88. The molecule has 4 heteroatoms. The molecule has 0 saturated heterocycles. The lowest BCUT2D eigenvalue weighted by molar-refractivity contribution is 0.576. The van der Waals surface area contributed by atoms with E-state index in [1.54, 1.807) is 6.07 Å². The molecule has 106 valence electrons. The molecule has 2 rings (SSSR count). The standard InChI is InChI=1S/C16H14BrCl2F/c17-14-3-1-2-11(8-14)6-12(10-18)7-13-9-15(20)4-5-16(13)19/h1-5,8-9,12H,6-7,10H2. The van der Waals surface area contributed by atoms with Gasteiger partial charge in [0.2, 0.25) is 0 Å². The molecule has 1 unspecified atom stereocenters. The van der Waals surface area contributed by atoms with Gasteiger partial charge in [-0.05, 0) is 60.2 Å². The summed E-state index contributed by atoms with van der Waals surface area (Å²) in [5, 5.41) is 0.593. The van der Waals surface area contributed by atoms with E-state index in [0.29, 0.717) is 17.3 Å². The molecule has 0 amide bonds. The number of alkyl halides is 1. The molecule has 0 aliphatic rings. The van der Waals surface area contributed by atoms with Gasteiger partial charge in [-0.15, -0.1) is 11.6 Å². The van der Waals surface area contributed by atoms with E-state index in [1.807, 2.05) is 12.1 Å². The lowest BCUT2D eigenvalue weighted by Gasteiger charge is -2.15. The van der Waals surface area contributed by atoms with E-state index in [-0.39, 0.29) is 11.7 Å². The van der Waals surface area contributed by atoms with Gasteiger partial charge in [-0.25, -0.2) is 4.39 Å². The highest BCUT2D eigenvalue weighted by molar-refractivity contribution is 9.10. The normalized spacial score (nSPS) is 12.4. The molecule has 0 spiro atoms. The highest BCUT2D eigenvalue weighted by Crippen LogP contribution is 2.24. The number of hydrogen-bond acceptors (Lipinski definition) is 0. The van der Waals surface area contributed by atoms with Gasteiger partial charge in [0.15, 0.2) is 0 Å². The van der Waals surface area contributed by atoms with Crippen LogP contribution in [-0.4, -0.2) is 5.88 Å². The Morgan fingerprint density at radius 3 is 2.60 bits per heavy atom. The molecule has 1 atom stereocenters.